The number of nitrogens with zero attached hydrogens (tertiary/aromatic N) is 1. The lowest BCUT2D eigenvalue weighted by molar-refractivity contribution is 0.318. The highest BCUT2D eigenvalue weighted by Crippen LogP contribution is 2.94. The monoisotopic (exact) mass is 694 g/mol. The third-order valence-electron chi connectivity index (χ3n) is 10.4. The van der Waals surface area contributed by atoms with E-state index in [1.54, 1.807) is 33.4 Å². The number of hydrogen-bond acceptors (Lipinski definition) is 1. The highest BCUT2D eigenvalue weighted by Gasteiger charge is 2.56. The molecule has 1 fully saturated rings. The number of rotatable bonds is 5. The molecule has 0 aliphatic carbocycles. The molecule has 2 unspecified atom stereocenters. The molecular formula is C45H77NP2. The van der Waals surface area contributed by atoms with E-state index in [4.69, 9.17) is 0 Å². The minimum absolute atomic E-state index is 0.0564. The van der Waals surface area contributed by atoms with Crippen molar-refractivity contribution in [2.45, 2.75) is 208 Å². The fourth-order valence-corrected chi connectivity index (χ4v) is 16.7. The van der Waals surface area contributed by atoms with Crippen molar-refractivity contribution in [3.8, 4) is 0 Å². The van der Waals surface area contributed by atoms with E-state index in [2.05, 4.69) is 188 Å². The van der Waals surface area contributed by atoms with Crippen LogP contribution >= 0.6 is 16.0 Å². The highest BCUT2D eigenvalue weighted by atomic mass is 31.2. The lowest BCUT2D eigenvalue weighted by Gasteiger charge is -2.60. The summed E-state index contributed by atoms with van der Waals surface area (Å²) in [7, 11) is -0.886. The zero-order chi connectivity index (χ0) is 37.5. The van der Waals surface area contributed by atoms with Gasteiger partial charge in [0.05, 0.1) is 0 Å². The molecule has 0 N–H and O–H groups in total. The second kappa shape index (κ2) is 13.3. The molecule has 1 aliphatic heterocycles. The molecular weight excluding hydrogens is 616 g/mol. The minimum Gasteiger partial charge on any atom is -0.275 e. The summed E-state index contributed by atoms with van der Waals surface area (Å²) in [4.78, 5) is 0. The van der Waals surface area contributed by atoms with E-state index in [9.17, 15) is 0 Å². The van der Waals surface area contributed by atoms with Gasteiger partial charge in [-0.15, -0.1) is 0 Å². The van der Waals surface area contributed by atoms with Gasteiger partial charge >= 0.3 is 0 Å². The third kappa shape index (κ3) is 8.32. The predicted molar refractivity (Wildman–Crippen MR) is 222 cm³/mol. The molecule has 1 saturated heterocycles. The van der Waals surface area contributed by atoms with E-state index in [0.717, 1.165) is 0 Å². The molecule has 3 rings (SSSR count). The Morgan fingerprint density at radius 2 is 0.667 bits per heavy atom. The van der Waals surface area contributed by atoms with Crippen molar-refractivity contribution >= 4 is 16.0 Å². The lowest BCUT2D eigenvalue weighted by Crippen LogP contribution is -2.40. The molecule has 0 aromatic heterocycles. The molecule has 1 heterocycles. The maximum Gasteiger partial charge on any atom is 0.0396 e. The van der Waals surface area contributed by atoms with Crippen molar-refractivity contribution in [3.05, 3.63) is 68.8 Å². The van der Waals surface area contributed by atoms with Crippen LogP contribution in [0.1, 0.15) is 208 Å². The molecule has 2 aromatic rings. The van der Waals surface area contributed by atoms with Gasteiger partial charge in [-0.05, 0) is 119 Å². The van der Waals surface area contributed by atoms with E-state index < -0.39 is 8.07 Å². The fraction of sp³-hybridized carbons (Fsp3) is 0.733. The molecule has 272 valence electrons. The van der Waals surface area contributed by atoms with E-state index in [-0.39, 0.29) is 40.4 Å². The Morgan fingerprint density at radius 1 is 0.438 bits per heavy atom. The number of benzene rings is 2. The number of hydrogen-bond donors (Lipinski definition) is 0. The second-order valence-corrected chi connectivity index (χ2v) is 27.3. The summed E-state index contributed by atoms with van der Waals surface area (Å²) in [6.07, 6.45) is 0. The molecule has 0 amide bonds. The van der Waals surface area contributed by atoms with Gasteiger partial charge in [0.15, 0.2) is 0 Å². The van der Waals surface area contributed by atoms with Crippen molar-refractivity contribution in [2.75, 3.05) is 6.66 Å². The zero-order valence-electron chi connectivity index (χ0n) is 36.0. The summed E-state index contributed by atoms with van der Waals surface area (Å²) in [5.74, 6) is 0. The van der Waals surface area contributed by atoms with Crippen LogP contribution in [0.25, 0.3) is 0 Å². The second-order valence-electron chi connectivity index (χ2n) is 21.8. The Kier molecular flexibility index (Phi) is 11.6. The Bertz CT molecular complexity index is 1270. The van der Waals surface area contributed by atoms with Crippen LogP contribution in [-0.2, 0) is 32.5 Å². The standard InChI is InChI=1S/C45H77NP2/c1-28(2)46(29(3)4)48-38(36-32(42(11,12)13)24-30(40(5,6)7)25-33(36)43(14,15)16)47(23)39(48)37-34(44(17,18)19)26-31(41(8,9)10)27-35(37)45(20,21)22/h24-29,38-39H,1-23H3. The summed E-state index contributed by atoms with van der Waals surface area (Å²) in [6, 6.07) is 11.5. The SMILES string of the molecule is CC(C)N(C(C)C)P1C(c2c(C(C)(C)C)cc(C(C)(C)C)cc2C(C)(C)C)P(C)C1c1c(C(C)(C)C)cc(C(C)(C)C)cc1C(C)(C)C. The van der Waals surface area contributed by atoms with Gasteiger partial charge in [-0.25, -0.2) is 0 Å². The molecule has 0 radical (unpaired) electrons. The van der Waals surface area contributed by atoms with Crippen LogP contribution in [0.4, 0.5) is 0 Å². The van der Waals surface area contributed by atoms with Crippen molar-refractivity contribution in [1.29, 1.82) is 0 Å². The first-order chi connectivity index (χ1) is 21.2. The maximum absolute atomic E-state index is 2.99. The Morgan fingerprint density at radius 3 is 0.833 bits per heavy atom. The molecule has 2 aromatic carbocycles. The molecule has 0 saturated carbocycles. The summed E-state index contributed by atoms with van der Waals surface area (Å²) in [5.41, 5.74) is 13.1. The van der Waals surface area contributed by atoms with Crippen LogP contribution < -0.4 is 0 Å². The van der Waals surface area contributed by atoms with E-state index >= 15 is 0 Å². The van der Waals surface area contributed by atoms with E-state index in [1.807, 2.05) is 0 Å². The Balaban J connectivity index is 2.59. The molecule has 0 bridgehead atoms. The zero-order valence-corrected chi connectivity index (χ0v) is 37.7. The highest BCUT2D eigenvalue weighted by molar-refractivity contribution is 7.90. The summed E-state index contributed by atoms with van der Waals surface area (Å²) < 4.78 is 2.99. The van der Waals surface area contributed by atoms with Gasteiger partial charge in [-0.1, -0.05) is 157 Å². The molecule has 1 aliphatic rings. The average molecular weight is 694 g/mol. The van der Waals surface area contributed by atoms with Gasteiger partial charge in [-0.2, -0.15) is 0 Å². The molecule has 0 spiro atoms. The third-order valence-corrected chi connectivity index (χ3v) is 19.1. The quantitative estimate of drug-likeness (QED) is 0.282. The minimum atomic E-state index is -0.526. The summed E-state index contributed by atoms with van der Waals surface area (Å²) >= 11 is 0. The van der Waals surface area contributed by atoms with Gasteiger partial charge in [0.25, 0.3) is 0 Å². The largest absolute Gasteiger partial charge is 0.275 e. The molecule has 1 nitrogen and oxygen atoms in total. The van der Waals surface area contributed by atoms with Crippen LogP contribution in [-0.4, -0.2) is 23.4 Å². The maximum atomic E-state index is 2.99. The first kappa shape index (κ1) is 41.7. The van der Waals surface area contributed by atoms with Gasteiger partial charge in [-0.3, -0.25) is 4.67 Å². The smallest absolute Gasteiger partial charge is 0.0396 e. The summed E-state index contributed by atoms with van der Waals surface area (Å²) in [5, 5.41) is 1.15. The van der Waals surface area contributed by atoms with Crippen LogP contribution in [0.15, 0.2) is 24.3 Å². The van der Waals surface area contributed by atoms with E-state index in [1.165, 1.54) is 11.1 Å². The topological polar surface area (TPSA) is 3.24 Å². The first-order valence-electron chi connectivity index (χ1n) is 18.9. The summed E-state index contributed by atoms with van der Waals surface area (Å²) in [6.45, 7) is 56.4. The van der Waals surface area contributed by atoms with Gasteiger partial charge in [0.1, 0.15) is 0 Å². The predicted octanol–water partition coefficient (Wildman–Crippen LogP) is 14.8. The fourth-order valence-electron chi connectivity index (χ4n) is 7.84. The van der Waals surface area contributed by atoms with Crippen LogP contribution in [0.3, 0.4) is 0 Å². The molecule has 3 heteroatoms. The first-order valence-corrected chi connectivity index (χ1v) is 22.3. The normalized spacial score (nSPS) is 21.8. The Hall–Kier alpha value is -0.740. The molecule has 48 heavy (non-hydrogen) atoms. The lowest BCUT2D eigenvalue weighted by atomic mass is 9.72. The van der Waals surface area contributed by atoms with Crippen molar-refractivity contribution in [1.82, 2.24) is 4.67 Å². The Labute approximate surface area is 302 Å². The average Bonchev–Trinajstić information content (AvgIpc) is 2.84. The van der Waals surface area contributed by atoms with Crippen molar-refractivity contribution < 1.29 is 0 Å². The van der Waals surface area contributed by atoms with Gasteiger partial charge in [0, 0.05) is 22.9 Å². The van der Waals surface area contributed by atoms with E-state index in [0.29, 0.717) is 22.9 Å². The molecule has 2 atom stereocenters. The van der Waals surface area contributed by atoms with Crippen molar-refractivity contribution in [2.24, 2.45) is 0 Å². The van der Waals surface area contributed by atoms with Gasteiger partial charge in [0.2, 0.25) is 0 Å². The van der Waals surface area contributed by atoms with Crippen LogP contribution in [0.2, 0.25) is 0 Å². The van der Waals surface area contributed by atoms with Crippen LogP contribution in [0.5, 0.6) is 0 Å². The van der Waals surface area contributed by atoms with Crippen LogP contribution in [0, 0.1) is 0 Å². The van der Waals surface area contributed by atoms with Gasteiger partial charge < -0.3 is 0 Å². The van der Waals surface area contributed by atoms with Crippen molar-refractivity contribution in [3.63, 3.8) is 0 Å².